The number of para-hydroxylation sites is 1. The Morgan fingerprint density at radius 1 is 1.39 bits per heavy atom. The van der Waals surface area contributed by atoms with Crippen molar-refractivity contribution in [2.75, 3.05) is 26.9 Å². The molecule has 0 heterocycles. The summed E-state index contributed by atoms with van der Waals surface area (Å²) in [5.74, 6) is 0.365. The van der Waals surface area contributed by atoms with Gasteiger partial charge < -0.3 is 20.1 Å². The molecule has 0 aromatic heterocycles. The molecule has 1 aromatic carbocycles. The van der Waals surface area contributed by atoms with Crippen LogP contribution in [0.2, 0.25) is 0 Å². The van der Waals surface area contributed by atoms with Crippen LogP contribution in [0.25, 0.3) is 0 Å². The first-order valence-corrected chi connectivity index (χ1v) is 7.54. The lowest BCUT2D eigenvalue weighted by Crippen LogP contribution is -2.27. The van der Waals surface area contributed by atoms with E-state index in [4.69, 9.17) is 14.7 Å². The van der Waals surface area contributed by atoms with Gasteiger partial charge in [-0.3, -0.25) is 4.79 Å². The smallest absolute Gasteiger partial charge is 0.263 e. The Hall–Kier alpha value is -2.52. The Morgan fingerprint density at radius 3 is 2.87 bits per heavy atom. The zero-order chi connectivity index (χ0) is 16.9. The van der Waals surface area contributed by atoms with Gasteiger partial charge in [0.1, 0.15) is 17.4 Å². The highest BCUT2D eigenvalue weighted by Crippen LogP contribution is 2.16. The van der Waals surface area contributed by atoms with Gasteiger partial charge in [0.15, 0.2) is 0 Å². The van der Waals surface area contributed by atoms with E-state index in [1.807, 2.05) is 37.3 Å². The SMILES string of the molecule is CCOCCCNC(=O)/C(C#N)=C\NCc1ccccc1OC. The third-order valence-corrected chi connectivity index (χ3v) is 3.05. The number of benzene rings is 1. The summed E-state index contributed by atoms with van der Waals surface area (Å²) in [5.41, 5.74) is 0.983. The normalized spacial score (nSPS) is 10.7. The summed E-state index contributed by atoms with van der Waals surface area (Å²) in [6.07, 6.45) is 2.14. The first-order chi connectivity index (χ1) is 11.2. The minimum Gasteiger partial charge on any atom is -0.496 e. The lowest BCUT2D eigenvalue weighted by atomic mass is 10.2. The number of hydrogen-bond donors (Lipinski definition) is 2. The van der Waals surface area contributed by atoms with E-state index in [2.05, 4.69) is 10.6 Å². The van der Waals surface area contributed by atoms with Crippen LogP contribution in [0.1, 0.15) is 18.9 Å². The molecule has 2 N–H and O–H groups in total. The van der Waals surface area contributed by atoms with Crippen LogP contribution in [-0.2, 0) is 16.1 Å². The lowest BCUT2D eigenvalue weighted by molar-refractivity contribution is -0.117. The molecule has 0 saturated carbocycles. The van der Waals surface area contributed by atoms with Crippen molar-refractivity contribution in [2.45, 2.75) is 19.9 Å². The average molecular weight is 317 g/mol. The minimum atomic E-state index is -0.392. The molecule has 0 aliphatic heterocycles. The summed E-state index contributed by atoms with van der Waals surface area (Å²) >= 11 is 0. The molecule has 0 fully saturated rings. The van der Waals surface area contributed by atoms with Crippen LogP contribution < -0.4 is 15.4 Å². The van der Waals surface area contributed by atoms with Gasteiger partial charge in [-0.1, -0.05) is 18.2 Å². The second kappa shape index (κ2) is 11.1. The van der Waals surface area contributed by atoms with Gasteiger partial charge in [0.25, 0.3) is 5.91 Å². The molecule has 6 heteroatoms. The van der Waals surface area contributed by atoms with Gasteiger partial charge in [-0.05, 0) is 19.4 Å². The molecule has 1 aromatic rings. The number of nitriles is 1. The van der Waals surface area contributed by atoms with Crippen molar-refractivity contribution in [1.29, 1.82) is 5.26 Å². The maximum atomic E-state index is 11.9. The summed E-state index contributed by atoms with van der Waals surface area (Å²) in [6, 6.07) is 9.45. The molecular weight excluding hydrogens is 294 g/mol. The van der Waals surface area contributed by atoms with Crippen LogP contribution in [-0.4, -0.2) is 32.8 Å². The Balaban J connectivity index is 2.46. The molecule has 6 nitrogen and oxygen atoms in total. The molecule has 23 heavy (non-hydrogen) atoms. The van der Waals surface area contributed by atoms with Crippen molar-refractivity contribution >= 4 is 5.91 Å². The van der Waals surface area contributed by atoms with E-state index in [9.17, 15) is 4.79 Å². The molecule has 0 spiro atoms. The van der Waals surface area contributed by atoms with Crippen LogP contribution in [0, 0.1) is 11.3 Å². The highest BCUT2D eigenvalue weighted by molar-refractivity contribution is 5.97. The summed E-state index contributed by atoms with van der Waals surface area (Å²) < 4.78 is 10.4. The number of ether oxygens (including phenoxy) is 2. The van der Waals surface area contributed by atoms with E-state index in [0.29, 0.717) is 32.7 Å². The molecule has 0 atom stereocenters. The minimum absolute atomic E-state index is 0.0382. The Morgan fingerprint density at radius 2 is 2.17 bits per heavy atom. The molecule has 124 valence electrons. The molecule has 0 bridgehead atoms. The van der Waals surface area contributed by atoms with Gasteiger partial charge in [0, 0.05) is 38.1 Å². The van der Waals surface area contributed by atoms with Gasteiger partial charge in [0.2, 0.25) is 0 Å². The summed E-state index contributed by atoms with van der Waals surface area (Å²) in [6.45, 7) is 4.11. The van der Waals surface area contributed by atoms with Gasteiger partial charge in [-0.2, -0.15) is 5.26 Å². The van der Waals surface area contributed by atoms with Gasteiger partial charge in [0.05, 0.1) is 7.11 Å². The fourth-order valence-electron chi connectivity index (χ4n) is 1.88. The molecule has 0 saturated heterocycles. The number of hydrogen-bond acceptors (Lipinski definition) is 5. The highest BCUT2D eigenvalue weighted by atomic mass is 16.5. The topological polar surface area (TPSA) is 83.4 Å². The van der Waals surface area contributed by atoms with Gasteiger partial charge in [-0.25, -0.2) is 0 Å². The van der Waals surface area contributed by atoms with Crippen LogP contribution in [0.3, 0.4) is 0 Å². The Bertz CT molecular complexity index is 564. The van der Waals surface area contributed by atoms with Gasteiger partial charge in [-0.15, -0.1) is 0 Å². The van der Waals surface area contributed by atoms with Crippen molar-refractivity contribution in [3.8, 4) is 11.8 Å². The maximum absolute atomic E-state index is 11.9. The van der Waals surface area contributed by atoms with E-state index < -0.39 is 5.91 Å². The van der Waals surface area contributed by atoms with Crippen molar-refractivity contribution in [2.24, 2.45) is 0 Å². The number of rotatable bonds is 10. The van der Waals surface area contributed by atoms with Crippen molar-refractivity contribution in [1.82, 2.24) is 10.6 Å². The number of carbonyl (C=O) groups excluding carboxylic acids is 1. The summed E-state index contributed by atoms with van der Waals surface area (Å²) in [7, 11) is 1.60. The van der Waals surface area contributed by atoms with Crippen molar-refractivity contribution < 1.29 is 14.3 Å². The maximum Gasteiger partial charge on any atom is 0.263 e. The molecular formula is C17H23N3O3. The third kappa shape index (κ3) is 6.85. The second-order valence-corrected chi connectivity index (χ2v) is 4.67. The monoisotopic (exact) mass is 317 g/mol. The van der Waals surface area contributed by atoms with Crippen LogP contribution >= 0.6 is 0 Å². The molecule has 0 unspecified atom stereocenters. The lowest BCUT2D eigenvalue weighted by Gasteiger charge is -2.08. The molecule has 0 radical (unpaired) electrons. The third-order valence-electron chi connectivity index (χ3n) is 3.05. The molecule has 0 aliphatic carbocycles. The van der Waals surface area contributed by atoms with E-state index in [-0.39, 0.29) is 5.57 Å². The van der Waals surface area contributed by atoms with E-state index in [1.54, 1.807) is 7.11 Å². The van der Waals surface area contributed by atoms with Crippen molar-refractivity contribution in [3.63, 3.8) is 0 Å². The quantitative estimate of drug-likeness (QED) is 0.390. The number of carbonyl (C=O) groups is 1. The van der Waals surface area contributed by atoms with E-state index in [0.717, 1.165) is 11.3 Å². The molecule has 0 aliphatic rings. The number of amides is 1. The zero-order valence-electron chi connectivity index (χ0n) is 13.6. The first kappa shape index (κ1) is 18.5. The van der Waals surface area contributed by atoms with Gasteiger partial charge >= 0.3 is 0 Å². The largest absolute Gasteiger partial charge is 0.496 e. The summed E-state index contributed by atoms with van der Waals surface area (Å²) in [5, 5.41) is 14.7. The van der Waals surface area contributed by atoms with E-state index >= 15 is 0 Å². The van der Waals surface area contributed by atoms with Crippen molar-refractivity contribution in [3.05, 3.63) is 41.6 Å². The van der Waals surface area contributed by atoms with E-state index in [1.165, 1.54) is 6.20 Å². The fourth-order valence-corrected chi connectivity index (χ4v) is 1.88. The molecule has 1 amide bonds. The Kier molecular flexibility index (Phi) is 8.94. The van der Waals surface area contributed by atoms with Crippen LogP contribution in [0.4, 0.5) is 0 Å². The number of nitrogens with zero attached hydrogens (tertiary/aromatic N) is 1. The van der Waals surface area contributed by atoms with Crippen LogP contribution in [0.15, 0.2) is 36.0 Å². The number of nitrogens with one attached hydrogen (secondary N) is 2. The zero-order valence-corrected chi connectivity index (χ0v) is 13.6. The predicted molar refractivity (Wildman–Crippen MR) is 87.6 cm³/mol. The predicted octanol–water partition coefficient (Wildman–Crippen LogP) is 1.74. The standard InChI is InChI=1S/C17H23N3O3/c1-3-23-10-6-9-20-17(21)15(11-18)13-19-12-14-7-4-5-8-16(14)22-2/h4-5,7-8,13,19H,3,6,9-10,12H2,1-2H3,(H,20,21)/b15-13-. The second-order valence-electron chi connectivity index (χ2n) is 4.67. The number of methoxy groups -OCH3 is 1. The molecule has 1 rings (SSSR count). The fraction of sp³-hybridized carbons (Fsp3) is 0.412. The summed E-state index contributed by atoms with van der Waals surface area (Å²) in [4.78, 5) is 11.9. The Labute approximate surface area is 137 Å². The van der Waals surface area contributed by atoms with Crippen LogP contribution in [0.5, 0.6) is 5.75 Å². The average Bonchev–Trinajstić information content (AvgIpc) is 2.58. The first-order valence-electron chi connectivity index (χ1n) is 7.54. The highest BCUT2D eigenvalue weighted by Gasteiger charge is 2.08.